The second-order valence-electron chi connectivity index (χ2n) is 5.95. The fourth-order valence-electron chi connectivity index (χ4n) is 2.03. The predicted octanol–water partition coefficient (Wildman–Crippen LogP) is 4.33. The average molecular weight is 369 g/mol. The third kappa shape index (κ3) is 5.27. The molecule has 0 radical (unpaired) electrons. The molecule has 9 heteroatoms. The molecule has 0 aliphatic heterocycles. The first-order valence-corrected chi connectivity index (χ1v) is 7.76. The number of nitrogens with one attached hydrogen (secondary N) is 3. The molecule has 0 aliphatic carbocycles. The van der Waals surface area contributed by atoms with Crippen LogP contribution in [0.1, 0.15) is 29.8 Å². The molecule has 3 amide bonds. The maximum absolute atomic E-state index is 13.3. The van der Waals surface area contributed by atoms with Crippen LogP contribution in [0.3, 0.4) is 0 Å². The molecule has 0 atom stereocenters. The Labute approximate surface area is 147 Å². The third-order valence-electron chi connectivity index (χ3n) is 3.29. The molecule has 1 aromatic carbocycles. The second-order valence-corrected chi connectivity index (χ2v) is 5.95. The Kier molecular flexibility index (Phi) is 5.91. The van der Waals surface area contributed by atoms with Crippen LogP contribution in [0.25, 0.3) is 0 Å². The Hall–Kier alpha value is -2.97. The molecular formula is C17H18F3N3O3. The number of halogens is 3. The summed E-state index contributed by atoms with van der Waals surface area (Å²) in [6.45, 7) is 4.05. The summed E-state index contributed by atoms with van der Waals surface area (Å²) in [6, 6.07) is 3.76. The van der Waals surface area contributed by atoms with E-state index in [-0.39, 0.29) is 17.2 Å². The van der Waals surface area contributed by atoms with Crippen molar-refractivity contribution in [2.24, 2.45) is 5.92 Å². The molecule has 1 heterocycles. The normalized spacial score (nSPS) is 11.3. The van der Waals surface area contributed by atoms with E-state index in [2.05, 4.69) is 16.0 Å². The molecule has 140 valence electrons. The molecule has 3 N–H and O–H groups in total. The molecular weight excluding hydrogens is 351 g/mol. The summed E-state index contributed by atoms with van der Waals surface area (Å²) in [5.74, 6) is -0.453. The van der Waals surface area contributed by atoms with Gasteiger partial charge in [-0.15, -0.1) is 0 Å². The van der Waals surface area contributed by atoms with E-state index in [0.29, 0.717) is 6.54 Å². The molecule has 0 unspecified atom stereocenters. The Bertz CT molecular complexity index is 771. The number of carbonyl (C=O) groups excluding carboxylic acids is 2. The summed E-state index contributed by atoms with van der Waals surface area (Å²) in [7, 11) is 0. The third-order valence-corrected chi connectivity index (χ3v) is 3.29. The Morgan fingerprint density at radius 1 is 1.15 bits per heavy atom. The first kappa shape index (κ1) is 19.4. The summed E-state index contributed by atoms with van der Waals surface area (Å²) in [6.07, 6.45) is -2.26. The highest BCUT2D eigenvalue weighted by atomic mass is 19.4. The van der Waals surface area contributed by atoms with E-state index in [1.165, 1.54) is 24.7 Å². The van der Waals surface area contributed by atoms with Crippen molar-refractivity contribution in [1.29, 1.82) is 0 Å². The number of furan rings is 1. The minimum atomic E-state index is -4.71. The Morgan fingerprint density at radius 2 is 1.88 bits per heavy atom. The standard InChI is InChI=1S/C17H18F3N3O3/c1-10(2)8-21-16(25)23-14-4-3-12(7-13(14)17(18,19)20)22-15(24)11-5-6-26-9-11/h3-7,9-10H,8H2,1-2H3,(H,22,24)(H2,21,23,25). The van der Waals surface area contributed by atoms with Gasteiger partial charge >= 0.3 is 12.2 Å². The SMILES string of the molecule is CC(C)CNC(=O)Nc1ccc(NC(=O)c2ccoc2)cc1C(F)(F)F. The van der Waals surface area contributed by atoms with Crippen molar-refractivity contribution in [2.45, 2.75) is 20.0 Å². The molecule has 2 aromatic rings. The molecule has 1 aromatic heterocycles. The van der Waals surface area contributed by atoms with Gasteiger partial charge in [-0.3, -0.25) is 4.79 Å². The maximum Gasteiger partial charge on any atom is 0.418 e. The van der Waals surface area contributed by atoms with Crippen LogP contribution in [0.2, 0.25) is 0 Å². The topological polar surface area (TPSA) is 83.4 Å². The van der Waals surface area contributed by atoms with Crippen molar-refractivity contribution in [2.75, 3.05) is 17.2 Å². The lowest BCUT2D eigenvalue weighted by Gasteiger charge is -2.16. The van der Waals surface area contributed by atoms with E-state index in [1.807, 2.05) is 13.8 Å². The summed E-state index contributed by atoms with van der Waals surface area (Å²) in [4.78, 5) is 23.7. The lowest BCUT2D eigenvalue weighted by Crippen LogP contribution is -2.32. The lowest BCUT2D eigenvalue weighted by atomic mass is 10.1. The van der Waals surface area contributed by atoms with Crippen molar-refractivity contribution in [3.05, 3.63) is 47.9 Å². The Morgan fingerprint density at radius 3 is 2.46 bits per heavy atom. The van der Waals surface area contributed by atoms with Crippen LogP contribution in [-0.2, 0) is 6.18 Å². The average Bonchev–Trinajstić information content (AvgIpc) is 3.08. The molecule has 0 fully saturated rings. The van der Waals surface area contributed by atoms with Crippen LogP contribution in [-0.4, -0.2) is 18.5 Å². The van der Waals surface area contributed by atoms with Crippen LogP contribution < -0.4 is 16.0 Å². The highest BCUT2D eigenvalue weighted by Gasteiger charge is 2.34. The highest BCUT2D eigenvalue weighted by Crippen LogP contribution is 2.36. The molecule has 6 nitrogen and oxygen atoms in total. The van der Waals surface area contributed by atoms with Crippen molar-refractivity contribution in [1.82, 2.24) is 5.32 Å². The van der Waals surface area contributed by atoms with Gasteiger partial charge in [-0.25, -0.2) is 4.79 Å². The largest absolute Gasteiger partial charge is 0.472 e. The van der Waals surface area contributed by atoms with Gasteiger partial charge in [-0.1, -0.05) is 13.8 Å². The van der Waals surface area contributed by atoms with Crippen LogP contribution in [0.15, 0.2) is 41.2 Å². The van der Waals surface area contributed by atoms with Crippen molar-refractivity contribution in [3.8, 4) is 0 Å². The van der Waals surface area contributed by atoms with Gasteiger partial charge in [0.05, 0.1) is 23.1 Å². The maximum atomic E-state index is 13.3. The van der Waals surface area contributed by atoms with Gasteiger partial charge in [-0.05, 0) is 30.2 Å². The van der Waals surface area contributed by atoms with Crippen LogP contribution in [0.5, 0.6) is 0 Å². The molecule has 0 bridgehead atoms. The van der Waals surface area contributed by atoms with Crippen LogP contribution in [0, 0.1) is 5.92 Å². The van der Waals surface area contributed by atoms with Crippen molar-refractivity contribution >= 4 is 23.3 Å². The van der Waals surface area contributed by atoms with E-state index in [1.54, 1.807) is 0 Å². The van der Waals surface area contributed by atoms with Gasteiger partial charge in [-0.2, -0.15) is 13.2 Å². The predicted molar refractivity (Wildman–Crippen MR) is 90.0 cm³/mol. The number of carbonyl (C=O) groups is 2. The molecule has 0 aliphatic rings. The number of amides is 3. The fraction of sp³-hybridized carbons (Fsp3) is 0.294. The lowest BCUT2D eigenvalue weighted by molar-refractivity contribution is -0.136. The first-order valence-electron chi connectivity index (χ1n) is 7.76. The number of anilines is 2. The van der Waals surface area contributed by atoms with E-state index in [4.69, 9.17) is 4.42 Å². The minimum absolute atomic E-state index is 0.0586. The fourth-order valence-corrected chi connectivity index (χ4v) is 2.03. The van der Waals surface area contributed by atoms with Crippen molar-refractivity contribution in [3.63, 3.8) is 0 Å². The van der Waals surface area contributed by atoms with Gasteiger partial charge in [0.1, 0.15) is 6.26 Å². The van der Waals surface area contributed by atoms with Gasteiger partial charge in [0.15, 0.2) is 0 Å². The summed E-state index contributed by atoms with van der Waals surface area (Å²) < 4.78 is 44.7. The van der Waals surface area contributed by atoms with Crippen LogP contribution >= 0.6 is 0 Å². The number of rotatable bonds is 5. The van der Waals surface area contributed by atoms with E-state index in [9.17, 15) is 22.8 Å². The molecule has 2 rings (SSSR count). The van der Waals surface area contributed by atoms with E-state index in [0.717, 1.165) is 12.1 Å². The van der Waals surface area contributed by atoms with Gasteiger partial charge in [0.2, 0.25) is 0 Å². The van der Waals surface area contributed by atoms with Gasteiger partial charge in [0.25, 0.3) is 5.91 Å². The van der Waals surface area contributed by atoms with Gasteiger partial charge < -0.3 is 20.4 Å². The zero-order valence-corrected chi connectivity index (χ0v) is 14.1. The highest BCUT2D eigenvalue weighted by molar-refractivity contribution is 6.04. The molecule has 26 heavy (non-hydrogen) atoms. The molecule has 0 saturated carbocycles. The van der Waals surface area contributed by atoms with Gasteiger partial charge in [0, 0.05) is 12.2 Å². The Balaban J connectivity index is 2.19. The number of hydrogen-bond acceptors (Lipinski definition) is 3. The molecule has 0 spiro atoms. The second kappa shape index (κ2) is 7.94. The molecule has 0 saturated heterocycles. The van der Waals surface area contributed by atoms with Crippen molar-refractivity contribution < 1.29 is 27.2 Å². The monoisotopic (exact) mass is 369 g/mol. The van der Waals surface area contributed by atoms with E-state index >= 15 is 0 Å². The quantitative estimate of drug-likeness (QED) is 0.734. The smallest absolute Gasteiger partial charge is 0.418 e. The number of benzene rings is 1. The number of urea groups is 1. The number of hydrogen-bond donors (Lipinski definition) is 3. The summed E-state index contributed by atoms with van der Waals surface area (Å²) >= 11 is 0. The zero-order valence-electron chi connectivity index (χ0n) is 14.1. The zero-order chi connectivity index (χ0) is 19.3. The first-order chi connectivity index (χ1) is 12.2. The minimum Gasteiger partial charge on any atom is -0.472 e. The number of alkyl halides is 3. The van der Waals surface area contributed by atoms with E-state index < -0.39 is 29.4 Å². The van der Waals surface area contributed by atoms with Crippen LogP contribution in [0.4, 0.5) is 29.3 Å². The summed E-state index contributed by atoms with van der Waals surface area (Å²) in [5.41, 5.74) is -1.35. The summed E-state index contributed by atoms with van der Waals surface area (Å²) in [5, 5.41) is 7.01.